The number of aryl methyl sites for hydroxylation is 1. The summed E-state index contributed by atoms with van der Waals surface area (Å²) in [4.78, 5) is 16.7. The molecule has 2 N–H and O–H groups in total. The van der Waals surface area contributed by atoms with Gasteiger partial charge in [-0.2, -0.15) is 0 Å². The third kappa shape index (κ3) is 5.32. The van der Waals surface area contributed by atoms with Crippen LogP contribution in [0.25, 0.3) is 11.3 Å². The lowest BCUT2D eigenvalue weighted by Crippen LogP contribution is -2.30. The number of rotatable bonds is 7. The normalized spacial score (nSPS) is 12.0. The zero-order valence-electron chi connectivity index (χ0n) is 15.6. The van der Waals surface area contributed by atoms with Gasteiger partial charge in [-0.3, -0.25) is 4.79 Å². The second-order valence-corrected chi connectivity index (χ2v) is 8.11. The number of nitrogens with zero attached hydrogens (tertiary/aromatic N) is 1. The molecule has 7 heteroatoms. The molecule has 0 saturated heterocycles. The van der Waals surface area contributed by atoms with Gasteiger partial charge in [0.15, 0.2) is 5.13 Å². The van der Waals surface area contributed by atoms with Crippen molar-refractivity contribution >= 4 is 45.6 Å². The molecular weight excluding hydrogens is 413 g/mol. The maximum Gasteiger partial charge on any atom is 0.240 e. The molecule has 0 aliphatic carbocycles. The molecule has 0 radical (unpaired) electrons. The summed E-state index contributed by atoms with van der Waals surface area (Å²) in [6.45, 7) is 4.37. The van der Waals surface area contributed by atoms with E-state index in [4.69, 9.17) is 23.2 Å². The van der Waals surface area contributed by atoms with Gasteiger partial charge >= 0.3 is 0 Å². The lowest BCUT2D eigenvalue weighted by Gasteiger charge is -2.14. The van der Waals surface area contributed by atoms with Crippen LogP contribution in [0.5, 0.6) is 0 Å². The highest BCUT2D eigenvalue weighted by molar-refractivity contribution is 7.14. The zero-order valence-corrected chi connectivity index (χ0v) is 18.0. The second kappa shape index (κ2) is 9.52. The fourth-order valence-corrected chi connectivity index (χ4v) is 3.95. The number of nitrogens with one attached hydrogen (secondary N) is 2. The molecule has 3 rings (SSSR count). The van der Waals surface area contributed by atoms with E-state index in [1.807, 2.05) is 18.4 Å². The number of aromatic nitrogens is 1. The maximum absolute atomic E-state index is 12.3. The number of thiazole rings is 1. The molecule has 0 fully saturated rings. The molecule has 0 aliphatic rings. The van der Waals surface area contributed by atoms with Crippen molar-refractivity contribution in [2.75, 3.05) is 11.9 Å². The predicted octanol–water partition coefficient (Wildman–Crippen LogP) is 5.97. The van der Waals surface area contributed by atoms with Crippen molar-refractivity contribution in [2.45, 2.75) is 26.3 Å². The van der Waals surface area contributed by atoms with Crippen molar-refractivity contribution in [3.63, 3.8) is 0 Å². The van der Waals surface area contributed by atoms with E-state index in [1.165, 1.54) is 16.9 Å². The molecule has 1 heterocycles. The van der Waals surface area contributed by atoms with Crippen LogP contribution in [0.3, 0.4) is 0 Å². The molecule has 1 amide bonds. The Labute approximate surface area is 178 Å². The SMILES string of the molecule is CCc1ccc(C(C)NCC(=O)Nc2nc(-c3ccc(Cl)cc3Cl)cs2)cc1. The fraction of sp³-hybridized carbons (Fsp3) is 0.238. The van der Waals surface area contributed by atoms with Crippen LogP contribution in [0.1, 0.15) is 31.0 Å². The number of carbonyl (C=O) groups is 1. The van der Waals surface area contributed by atoms with Gasteiger partial charge in [-0.15, -0.1) is 11.3 Å². The quantitative estimate of drug-likeness (QED) is 0.482. The van der Waals surface area contributed by atoms with E-state index in [0.29, 0.717) is 20.9 Å². The van der Waals surface area contributed by atoms with Gasteiger partial charge in [-0.05, 0) is 42.7 Å². The molecule has 3 aromatic rings. The van der Waals surface area contributed by atoms with Crippen molar-refractivity contribution < 1.29 is 4.79 Å². The number of amides is 1. The van der Waals surface area contributed by atoms with Crippen LogP contribution in [-0.2, 0) is 11.2 Å². The number of carbonyl (C=O) groups excluding carboxylic acids is 1. The van der Waals surface area contributed by atoms with Gasteiger partial charge in [-0.1, -0.05) is 54.4 Å². The molecule has 146 valence electrons. The summed E-state index contributed by atoms with van der Waals surface area (Å²) >= 11 is 13.5. The summed E-state index contributed by atoms with van der Waals surface area (Å²) < 4.78 is 0. The Balaban J connectivity index is 1.55. The van der Waals surface area contributed by atoms with Crippen LogP contribution < -0.4 is 10.6 Å². The Morgan fingerprint density at radius 1 is 1.18 bits per heavy atom. The lowest BCUT2D eigenvalue weighted by molar-refractivity contribution is -0.115. The van der Waals surface area contributed by atoms with E-state index >= 15 is 0 Å². The number of anilines is 1. The van der Waals surface area contributed by atoms with Crippen molar-refractivity contribution in [3.8, 4) is 11.3 Å². The minimum atomic E-state index is -0.139. The summed E-state index contributed by atoms with van der Waals surface area (Å²) in [5, 5.41) is 9.56. The highest BCUT2D eigenvalue weighted by Gasteiger charge is 2.12. The van der Waals surface area contributed by atoms with Gasteiger partial charge in [0.05, 0.1) is 17.3 Å². The fourth-order valence-electron chi connectivity index (χ4n) is 2.72. The van der Waals surface area contributed by atoms with Gasteiger partial charge in [0.2, 0.25) is 5.91 Å². The van der Waals surface area contributed by atoms with Gasteiger partial charge in [-0.25, -0.2) is 4.98 Å². The molecule has 2 aromatic carbocycles. The molecule has 0 spiro atoms. The second-order valence-electron chi connectivity index (χ2n) is 6.41. The Kier molecular flexibility index (Phi) is 7.08. The Morgan fingerprint density at radius 3 is 2.61 bits per heavy atom. The molecule has 1 aromatic heterocycles. The predicted molar refractivity (Wildman–Crippen MR) is 118 cm³/mol. The summed E-state index contributed by atoms with van der Waals surface area (Å²) in [7, 11) is 0. The van der Waals surface area contributed by atoms with Crippen LogP contribution in [0, 0.1) is 0 Å². The van der Waals surface area contributed by atoms with Gasteiger partial charge in [0.1, 0.15) is 0 Å². The number of hydrogen-bond donors (Lipinski definition) is 2. The molecule has 1 unspecified atom stereocenters. The molecule has 4 nitrogen and oxygen atoms in total. The minimum absolute atomic E-state index is 0.0800. The van der Waals surface area contributed by atoms with Crippen molar-refractivity contribution in [1.82, 2.24) is 10.3 Å². The van der Waals surface area contributed by atoms with Crippen LogP contribution in [0.4, 0.5) is 5.13 Å². The van der Waals surface area contributed by atoms with Crippen LogP contribution in [0.15, 0.2) is 47.8 Å². The molecule has 0 bridgehead atoms. The Bertz CT molecular complexity index is 957. The van der Waals surface area contributed by atoms with Crippen LogP contribution in [-0.4, -0.2) is 17.4 Å². The number of hydrogen-bond acceptors (Lipinski definition) is 4. The van der Waals surface area contributed by atoms with Crippen molar-refractivity contribution in [1.29, 1.82) is 0 Å². The van der Waals surface area contributed by atoms with Gasteiger partial charge < -0.3 is 10.6 Å². The first-order valence-electron chi connectivity index (χ1n) is 8.99. The first kappa shape index (κ1) is 20.8. The molecule has 1 atom stereocenters. The van der Waals surface area contributed by atoms with E-state index in [2.05, 4.69) is 46.8 Å². The number of halogens is 2. The average Bonchev–Trinajstić information content (AvgIpc) is 3.14. The van der Waals surface area contributed by atoms with E-state index in [1.54, 1.807) is 12.1 Å². The standard InChI is InChI=1S/C21H21Cl2N3OS/c1-3-14-4-6-15(7-5-14)13(2)24-11-20(27)26-21-25-19(12-28-21)17-9-8-16(22)10-18(17)23/h4-10,12-13,24H,3,11H2,1-2H3,(H,25,26,27). The maximum atomic E-state index is 12.3. The lowest BCUT2D eigenvalue weighted by atomic mass is 10.1. The zero-order chi connectivity index (χ0) is 20.1. The minimum Gasteiger partial charge on any atom is -0.302 e. The molecule has 0 aliphatic heterocycles. The van der Waals surface area contributed by atoms with Gasteiger partial charge in [0.25, 0.3) is 0 Å². The molecule has 28 heavy (non-hydrogen) atoms. The highest BCUT2D eigenvalue weighted by Crippen LogP contribution is 2.32. The summed E-state index contributed by atoms with van der Waals surface area (Å²) in [5.74, 6) is -0.139. The first-order chi connectivity index (χ1) is 13.5. The van der Waals surface area contributed by atoms with E-state index < -0.39 is 0 Å². The van der Waals surface area contributed by atoms with E-state index in [-0.39, 0.29) is 18.5 Å². The first-order valence-corrected chi connectivity index (χ1v) is 10.6. The third-order valence-corrected chi connectivity index (χ3v) is 5.72. The number of benzene rings is 2. The Morgan fingerprint density at radius 2 is 1.93 bits per heavy atom. The van der Waals surface area contributed by atoms with Crippen molar-refractivity contribution in [3.05, 3.63) is 69.0 Å². The van der Waals surface area contributed by atoms with E-state index in [0.717, 1.165) is 17.5 Å². The highest BCUT2D eigenvalue weighted by atomic mass is 35.5. The van der Waals surface area contributed by atoms with E-state index in [9.17, 15) is 4.79 Å². The van der Waals surface area contributed by atoms with Crippen LogP contribution >= 0.6 is 34.5 Å². The largest absolute Gasteiger partial charge is 0.302 e. The smallest absolute Gasteiger partial charge is 0.240 e. The average molecular weight is 434 g/mol. The third-order valence-electron chi connectivity index (χ3n) is 4.41. The Hall–Kier alpha value is -1.92. The molecule has 0 saturated carbocycles. The van der Waals surface area contributed by atoms with Gasteiger partial charge in [0, 0.05) is 22.0 Å². The summed E-state index contributed by atoms with van der Waals surface area (Å²) in [5.41, 5.74) is 3.94. The monoisotopic (exact) mass is 433 g/mol. The molecular formula is C21H21Cl2N3OS. The summed E-state index contributed by atoms with van der Waals surface area (Å²) in [6, 6.07) is 13.8. The van der Waals surface area contributed by atoms with Crippen molar-refractivity contribution in [2.24, 2.45) is 0 Å². The topological polar surface area (TPSA) is 54.0 Å². The summed E-state index contributed by atoms with van der Waals surface area (Å²) in [6.07, 6.45) is 1.02. The van der Waals surface area contributed by atoms with Crippen LogP contribution in [0.2, 0.25) is 10.0 Å².